The van der Waals surface area contributed by atoms with E-state index < -0.39 is 38.7 Å². The molecule has 0 aromatic heterocycles. The van der Waals surface area contributed by atoms with Gasteiger partial charge in [0.25, 0.3) is 0 Å². The van der Waals surface area contributed by atoms with Crippen LogP contribution in [0.2, 0.25) is 18.1 Å². The van der Waals surface area contributed by atoms with Gasteiger partial charge in [-0.15, -0.1) is 6.58 Å². The van der Waals surface area contributed by atoms with Gasteiger partial charge in [0, 0.05) is 0 Å². The van der Waals surface area contributed by atoms with Gasteiger partial charge in [-0.2, -0.15) is 0 Å². The quantitative estimate of drug-likeness (QED) is 0.502. The minimum atomic E-state index is -2.13. The van der Waals surface area contributed by atoms with Crippen LogP contribution < -0.4 is 0 Å². The molecule has 0 aliphatic carbocycles. The molecule has 164 valence electrons. The molecule has 0 unspecified atom stereocenters. The Morgan fingerprint density at radius 3 is 2.32 bits per heavy atom. The maximum Gasteiger partial charge on any atom is 0.192 e. The fourth-order valence-electron chi connectivity index (χ4n) is 3.28. The van der Waals surface area contributed by atoms with Crippen molar-refractivity contribution in [1.29, 1.82) is 0 Å². The summed E-state index contributed by atoms with van der Waals surface area (Å²) in [7, 11) is -2.13. The van der Waals surface area contributed by atoms with E-state index in [2.05, 4.69) is 40.4 Å². The highest BCUT2D eigenvalue weighted by molar-refractivity contribution is 6.74. The van der Waals surface area contributed by atoms with Gasteiger partial charge in [0.2, 0.25) is 0 Å². The molecule has 2 heterocycles. The molecule has 6 nitrogen and oxygen atoms in total. The average molecular weight is 417 g/mol. The van der Waals surface area contributed by atoms with Gasteiger partial charge in [-0.3, -0.25) is 0 Å². The normalized spacial score (nSPS) is 32.8. The molecule has 2 saturated heterocycles. The topological polar surface area (TPSA) is 66.4 Å². The second-order valence-corrected chi connectivity index (χ2v) is 15.0. The molecule has 0 radical (unpaired) electrons. The molecule has 2 rings (SSSR count). The molecule has 1 N–H and O–H groups in total. The summed E-state index contributed by atoms with van der Waals surface area (Å²) in [5, 5.41) is 10.5. The number of hydrogen-bond donors (Lipinski definition) is 1. The minimum absolute atomic E-state index is 0.0226. The summed E-state index contributed by atoms with van der Waals surface area (Å²) >= 11 is 0. The van der Waals surface area contributed by atoms with Crippen LogP contribution in [0.5, 0.6) is 0 Å². The van der Waals surface area contributed by atoms with E-state index in [1.165, 1.54) is 0 Å². The monoisotopic (exact) mass is 416 g/mol. The molecule has 0 amide bonds. The van der Waals surface area contributed by atoms with Crippen molar-refractivity contribution in [2.24, 2.45) is 5.92 Å². The highest BCUT2D eigenvalue weighted by atomic mass is 28.4. The van der Waals surface area contributed by atoms with Gasteiger partial charge in [0.15, 0.2) is 20.4 Å². The van der Waals surface area contributed by atoms with Crippen LogP contribution in [0.25, 0.3) is 0 Å². The zero-order valence-corrected chi connectivity index (χ0v) is 20.0. The van der Waals surface area contributed by atoms with Crippen molar-refractivity contribution < 1.29 is 28.5 Å². The van der Waals surface area contributed by atoms with E-state index in [0.29, 0.717) is 6.61 Å². The van der Waals surface area contributed by atoms with Crippen molar-refractivity contribution in [1.82, 2.24) is 0 Å². The van der Waals surface area contributed by atoms with Gasteiger partial charge in [-0.1, -0.05) is 40.7 Å². The van der Waals surface area contributed by atoms with Crippen molar-refractivity contribution in [3.63, 3.8) is 0 Å². The smallest absolute Gasteiger partial charge is 0.192 e. The second kappa shape index (κ2) is 8.45. The summed E-state index contributed by atoms with van der Waals surface area (Å²) in [5.74, 6) is -0.665. The standard InChI is InChI=1S/C21H40O6Si/c1-11-14(16(22)13(2)3)24-19-18(27-28(9,10)20(4,5)6)17-15(12-23-19)25-21(7,8)26-17/h11,13-19,22H,1,12H2,2-10H3/t14-,15+,16-,17+,18-,19-/m0/s1. The third-order valence-corrected chi connectivity index (χ3v) is 10.5. The summed E-state index contributed by atoms with van der Waals surface area (Å²) in [5.41, 5.74) is 0. The molecule has 0 saturated carbocycles. The Bertz CT molecular complexity index is 542. The lowest BCUT2D eigenvalue weighted by atomic mass is 10.0. The van der Waals surface area contributed by atoms with E-state index in [-0.39, 0.29) is 23.2 Å². The summed E-state index contributed by atoms with van der Waals surface area (Å²) < 4.78 is 31.1. The lowest BCUT2D eigenvalue weighted by molar-refractivity contribution is -0.266. The van der Waals surface area contributed by atoms with Crippen LogP contribution in [0.1, 0.15) is 48.5 Å². The van der Waals surface area contributed by atoms with E-state index in [0.717, 1.165) is 0 Å². The number of rotatable bonds is 7. The number of fused-ring (bicyclic) bond motifs is 1. The highest BCUT2D eigenvalue weighted by Crippen LogP contribution is 2.42. The molecule has 0 bridgehead atoms. The van der Waals surface area contributed by atoms with Crippen LogP contribution in [0, 0.1) is 5.92 Å². The van der Waals surface area contributed by atoms with Gasteiger partial charge in [-0.05, 0) is 37.9 Å². The van der Waals surface area contributed by atoms with Gasteiger partial charge in [-0.25, -0.2) is 0 Å². The molecule has 0 spiro atoms. The maximum atomic E-state index is 10.5. The molecule has 0 aromatic carbocycles. The van der Waals surface area contributed by atoms with E-state index in [1.807, 2.05) is 27.7 Å². The fraction of sp³-hybridized carbons (Fsp3) is 0.905. The van der Waals surface area contributed by atoms with Crippen molar-refractivity contribution >= 4 is 8.32 Å². The largest absolute Gasteiger partial charge is 0.406 e. The Morgan fingerprint density at radius 2 is 1.82 bits per heavy atom. The zero-order chi connectivity index (χ0) is 21.5. The van der Waals surface area contributed by atoms with Crippen LogP contribution in [0.4, 0.5) is 0 Å². The summed E-state index contributed by atoms with van der Waals surface area (Å²) in [4.78, 5) is 0. The van der Waals surface area contributed by atoms with Crippen molar-refractivity contribution in [3.8, 4) is 0 Å². The summed E-state index contributed by atoms with van der Waals surface area (Å²) in [6, 6.07) is 0. The first-order valence-electron chi connectivity index (χ1n) is 10.3. The second-order valence-electron chi connectivity index (χ2n) is 10.3. The maximum absolute atomic E-state index is 10.5. The predicted molar refractivity (Wildman–Crippen MR) is 112 cm³/mol. The molecule has 28 heavy (non-hydrogen) atoms. The van der Waals surface area contributed by atoms with Crippen LogP contribution in [-0.4, -0.2) is 62.6 Å². The molecule has 7 heteroatoms. The van der Waals surface area contributed by atoms with Crippen LogP contribution in [0.15, 0.2) is 12.7 Å². The molecule has 2 aliphatic rings. The molecule has 2 fully saturated rings. The third kappa shape index (κ3) is 5.25. The van der Waals surface area contributed by atoms with Crippen LogP contribution in [0.3, 0.4) is 0 Å². The molecule has 0 aromatic rings. The first kappa shape index (κ1) is 24.0. The molecule has 2 aliphatic heterocycles. The fourth-order valence-corrected chi connectivity index (χ4v) is 4.56. The Kier molecular flexibility index (Phi) is 7.24. The SMILES string of the molecule is C=C[C@H](O[C@@H]1OC[C@H]2OC(C)(C)O[C@H]2[C@@H]1O[Si](C)(C)C(C)(C)C)[C@@H](O)C(C)C. The first-order valence-corrected chi connectivity index (χ1v) is 13.2. The Hall–Kier alpha value is -0.283. The Labute approximate surface area is 171 Å². The lowest BCUT2D eigenvalue weighted by Gasteiger charge is -2.46. The van der Waals surface area contributed by atoms with E-state index in [1.54, 1.807) is 6.08 Å². The molecule has 6 atom stereocenters. The number of aliphatic hydroxyl groups is 1. The molecular formula is C21H40O6Si. The van der Waals surface area contributed by atoms with Crippen LogP contribution in [-0.2, 0) is 23.4 Å². The Morgan fingerprint density at radius 1 is 1.21 bits per heavy atom. The van der Waals surface area contributed by atoms with Crippen molar-refractivity contribution in [2.75, 3.05) is 6.61 Å². The number of aliphatic hydroxyl groups excluding tert-OH is 1. The van der Waals surface area contributed by atoms with Crippen molar-refractivity contribution in [3.05, 3.63) is 12.7 Å². The number of hydrogen-bond acceptors (Lipinski definition) is 6. The first-order chi connectivity index (χ1) is 12.7. The summed E-state index contributed by atoms with van der Waals surface area (Å²) in [6.45, 7) is 22.9. The van der Waals surface area contributed by atoms with Crippen LogP contribution >= 0.6 is 0 Å². The summed E-state index contributed by atoms with van der Waals surface area (Å²) in [6.07, 6.45) is -1.20. The van der Waals surface area contributed by atoms with E-state index in [9.17, 15) is 5.11 Å². The van der Waals surface area contributed by atoms with Gasteiger partial charge in [0.05, 0.1) is 12.7 Å². The van der Waals surface area contributed by atoms with Crippen molar-refractivity contribution in [2.45, 2.75) is 109 Å². The van der Waals surface area contributed by atoms with E-state index >= 15 is 0 Å². The average Bonchev–Trinajstić information content (AvgIpc) is 2.86. The zero-order valence-electron chi connectivity index (χ0n) is 19.0. The Balaban J connectivity index is 2.28. The highest BCUT2D eigenvalue weighted by Gasteiger charge is 2.55. The third-order valence-electron chi connectivity index (χ3n) is 6.02. The number of ether oxygens (including phenoxy) is 4. The van der Waals surface area contributed by atoms with Gasteiger partial charge in [0.1, 0.15) is 24.4 Å². The predicted octanol–water partition coefficient (Wildman–Crippen LogP) is 3.84. The molecular weight excluding hydrogens is 376 g/mol. The van der Waals surface area contributed by atoms with Gasteiger partial charge < -0.3 is 28.5 Å². The van der Waals surface area contributed by atoms with Gasteiger partial charge >= 0.3 is 0 Å². The van der Waals surface area contributed by atoms with E-state index in [4.69, 9.17) is 23.4 Å². The minimum Gasteiger partial charge on any atom is -0.406 e. The lowest BCUT2D eigenvalue weighted by Crippen LogP contribution is -2.59.